The predicted octanol–water partition coefficient (Wildman–Crippen LogP) is 7.05. The first-order valence-corrected chi connectivity index (χ1v) is 12.7. The van der Waals surface area contributed by atoms with Gasteiger partial charge in [-0.05, 0) is 53.6 Å². The molecule has 206 valence electrons. The second-order valence-corrected chi connectivity index (χ2v) is 9.38. The Morgan fingerprint density at radius 2 is 1.88 bits per heavy atom. The summed E-state index contributed by atoms with van der Waals surface area (Å²) < 4.78 is 42.5. The van der Waals surface area contributed by atoms with Crippen molar-refractivity contribution >= 4 is 22.7 Å². The molecular formula is C32H25F2N3O4. The number of carboxylic acid groups (broad SMARTS) is 1. The third-order valence-corrected chi connectivity index (χ3v) is 6.69. The van der Waals surface area contributed by atoms with E-state index >= 15 is 4.39 Å². The molecule has 0 bridgehead atoms. The number of hydrogen-bond donors (Lipinski definition) is 1. The monoisotopic (exact) mass is 553 g/mol. The minimum Gasteiger partial charge on any atom is -0.489 e. The molecule has 0 fully saturated rings. The lowest BCUT2D eigenvalue weighted by Crippen LogP contribution is -2.09. The largest absolute Gasteiger partial charge is 0.489 e. The Bertz CT molecular complexity index is 1790. The summed E-state index contributed by atoms with van der Waals surface area (Å²) in [5.74, 6) is -0.851. The summed E-state index contributed by atoms with van der Waals surface area (Å²) in [5.41, 5.74) is 3.69. The van der Waals surface area contributed by atoms with Gasteiger partial charge in [-0.25, -0.2) is 23.4 Å². The molecule has 0 spiro atoms. The molecule has 7 nitrogen and oxygen atoms in total. The highest BCUT2D eigenvalue weighted by Crippen LogP contribution is 2.29. The van der Waals surface area contributed by atoms with E-state index in [-0.39, 0.29) is 17.9 Å². The van der Waals surface area contributed by atoms with Crippen molar-refractivity contribution in [1.29, 1.82) is 0 Å². The highest BCUT2D eigenvalue weighted by atomic mass is 19.1. The van der Waals surface area contributed by atoms with Gasteiger partial charge in [0.25, 0.3) is 0 Å². The van der Waals surface area contributed by atoms with E-state index in [0.717, 1.165) is 0 Å². The topological polar surface area (TPSA) is 77.9 Å². The average molecular weight is 554 g/mol. The quantitative estimate of drug-likeness (QED) is 0.188. The predicted molar refractivity (Wildman–Crippen MR) is 150 cm³/mol. The molecular weight excluding hydrogens is 528 g/mol. The van der Waals surface area contributed by atoms with Crippen molar-refractivity contribution in [2.45, 2.75) is 19.6 Å². The van der Waals surface area contributed by atoms with Crippen molar-refractivity contribution in [2.24, 2.45) is 0 Å². The van der Waals surface area contributed by atoms with E-state index in [1.807, 2.05) is 10.6 Å². The van der Waals surface area contributed by atoms with Gasteiger partial charge in [-0.1, -0.05) is 36.4 Å². The van der Waals surface area contributed by atoms with Crippen LogP contribution in [0.15, 0.2) is 78.9 Å². The van der Waals surface area contributed by atoms with Crippen molar-refractivity contribution in [3.8, 4) is 16.9 Å². The van der Waals surface area contributed by atoms with Crippen LogP contribution >= 0.6 is 0 Å². The number of nitrogens with zero attached hydrogens (tertiary/aromatic N) is 3. The van der Waals surface area contributed by atoms with Gasteiger partial charge in [-0.15, -0.1) is 0 Å². The fourth-order valence-corrected chi connectivity index (χ4v) is 4.60. The summed E-state index contributed by atoms with van der Waals surface area (Å²) in [5, 5.41) is 9.40. The highest BCUT2D eigenvalue weighted by Gasteiger charge is 2.15. The molecule has 5 rings (SSSR count). The van der Waals surface area contributed by atoms with E-state index in [4.69, 9.17) is 16.0 Å². The van der Waals surface area contributed by atoms with Crippen LogP contribution in [0.1, 0.15) is 27.3 Å². The van der Waals surface area contributed by atoms with Gasteiger partial charge in [0.15, 0.2) is 5.69 Å². The number of imidazole rings is 1. The molecule has 1 N–H and O–H groups in total. The van der Waals surface area contributed by atoms with Gasteiger partial charge in [0.2, 0.25) is 0 Å². The zero-order chi connectivity index (χ0) is 28.9. The van der Waals surface area contributed by atoms with Crippen LogP contribution in [0.4, 0.5) is 14.5 Å². The first-order chi connectivity index (χ1) is 19.9. The maximum atomic E-state index is 15.4. The van der Waals surface area contributed by atoms with Crippen molar-refractivity contribution in [3.05, 3.63) is 124 Å². The summed E-state index contributed by atoms with van der Waals surface area (Å²) in [6, 6.07) is 20.8. The Kier molecular flexibility index (Phi) is 8.04. The third kappa shape index (κ3) is 6.08. The first kappa shape index (κ1) is 27.5. The molecule has 0 amide bonds. The molecule has 0 radical (unpaired) electrons. The maximum absolute atomic E-state index is 15.4. The van der Waals surface area contributed by atoms with Crippen LogP contribution < -0.4 is 4.74 Å². The minimum absolute atomic E-state index is 0.0347. The van der Waals surface area contributed by atoms with Crippen LogP contribution in [-0.4, -0.2) is 34.3 Å². The van der Waals surface area contributed by atoms with Gasteiger partial charge in [-0.2, -0.15) is 0 Å². The molecule has 0 unspecified atom stereocenters. The summed E-state index contributed by atoms with van der Waals surface area (Å²) in [7, 11) is 1.59. The van der Waals surface area contributed by atoms with Crippen LogP contribution in [-0.2, 0) is 24.3 Å². The number of carbonyl (C=O) groups is 1. The molecule has 0 aliphatic carbocycles. The maximum Gasteiger partial charge on any atom is 0.335 e. The number of carboxylic acids is 1. The van der Waals surface area contributed by atoms with Gasteiger partial charge in [0.1, 0.15) is 29.8 Å². The van der Waals surface area contributed by atoms with Crippen LogP contribution in [0.25, 0.3) is 27.0 Å². The third-order valence-electron chi connectivity index (χ3n) is 6.69. The van der Waals surface area contributed by atoms with E-state index in [1.54, 1.807) is 49.6 Å². The number of hydrogen-bond acceptors (Lipinski definition) is 4. The number of aromatic carboxylic acids is 1. The van der Waals surface area contributed by atoms with E-state index in [0.29, 0.717) is 64.4 Å². The van der Waals surface area contributed by atoms with E-state index in [1.165, 1.54) is 30.3 Å². The van der Waals surface area contributed by atoms with Gasteiger partial charge < -0.3 is 19.1 Å². The average Bonchev–Trinajstić information content (AvgIpc) is 3.31. The lowest BCUT2D eigenvalue weighted by Gasteiger charge is -2.12. The molecule has 4 aromatic carbocycles. The summed E-state index contributed by atoms with van der Waals surface area (Å²) in [6.45, 7) is 7.82. The molecule has 0 atom stereocenters. The Morgan fingerprint density at radius 3 is 2.61 bits per heavy atom. The van der Waals surface area contributed by atoms with E-state index < -0.39 is 17.6 Å². The molecule has 0 saturated heterocycles. The van der Waals surface area contributed by atoms with Crippen LogP contribution in [0.5, 0.6) is 5.75 Å². The standard InChI is InChI=1S/C32H25F2N3O4/c1-35-24-9-7-23(27(33)18-24)19-41-25-5-3-4-21(16-25)26-10-6-20(14-28(26)34)15-31-36-29-11-8-22(32(38)39)17-30(29)37(31)12-13-40-2/h3-11,14,16-18H,12-13,15,19H2,2H3,(H,38,39). The second kappa shape index (κ2) is 12.0. The number of benzene rings is 4. The number of methoxy groups -OCH3 is 1. The number of fused-ring (bicyclic) bond motifs is 1. The second-order valence-electron chi connectivity index (χ2n) is 9.38. The van der Waals surface area contributed by atoms with Crippen molar-refractivity contribution in [2.75, 3.05) is 13.7 Å². The zero-order valence-electron chi connectivity index (χ0n) is 22.1. The van der Waals surface area contributed by atoms with Gasteiger partial charge in [-0.3, -0.25) is 0 Å². The van der Waals surface area contributed by atoms with E-state index in [9.17, 15) is 14.3 Å². The zero-order valence-corrected chi connectivity index (χ0v) is 22.1. The molecule has 9 heteroatoms. The van der Waals surface area contributed by atoms with Crippen molar-refractivity contribution in [3.63, 3.8) is 0 Å². The molecule has 0 aliphatic heterocycles. The summed E-state index contributed by atoms with van der Waals surface area (Å²) in [6.07, 6.45) is 0.332. The van der Waals surface area contributed by atoms with Crippen LogP contribution in [0, 0.1) is 18.2 Å². The minimum atomic E-state index is -1.03. The first-order valence-electron chi connectivity index (χ1n) is 12.7. The van der Waals surface area contributed by atoms with E-state index in [2.05, 4.69) is 9.83 Å². The highest BCUT2D eigenvalue weighted by molar-refractivity contribution is 5.92. The Balaban J connectivity index is 1.36. The fourth-order valence-electron chi connectivity index (χ4n) is 4.60. The SMILES string of the molecule is [C-]#[N+]c1ccc(COc2cccc(-c3ccc(Cc4nc5ccc(C(=O)O)cc5n4CCOC)cc3F)c2)c(F)c1. The molecule has 0 saturated carbocycles. The summed E-state index contributed by atoms with van der Waals surface area (Å²) in [4.78, 5) is 19.4. The summed E-state index contributed by atoms with van der Waals surface area (Å²) >= 11 is 0. The molecule has 0 aliphatic rings. The van der Waals surface area contributed by atoms with Crippen molar-refractivity contribution in [1.82, 2.24) is 9.55 Å². The number of ether oxygens (including phenoxy) is 2. The van der Waals surface area contributed by atoms with Crippen LogP contribution in [0.3, 0.4) is 0 Å². The smallest absolute Gasteiger partial charge is 0.335 e. The fraction of sp³-hybridized carbons (Fsp3) is 0.156. The normalized spacial score (nSPS) is 11.0. The Labute approximate surface area is 235 Å². The molecule has 5 aromatic rings. The van der Waals surface area contributed by atoms with Gasteiger partial charge in [0.05, 0.1) is 29.8 Å². The lowest BCUT2D eigenvalue weighted by atomic mass is 10.0. The molecule has 1 aromatic heterocycles. The van der Waals surface area contributed by atoms with Crippen molar-refractivity contribution < 1.29 is 28.2 Å². The number of rotatable bonds is 10. The number of aromatic nitrogens is 2. The lowest BCUT2D eigenvalue weighted by molar-refractivity contribution is 0.0697. The van der Waals surface area contributed by atoms with Crippen LogP contribution in [0.2, 0.25) is 0 Å². The Hall–Kier alpha value is -5.07. The van der Waals surface area contributed by atoms with Gasteiger partial charge in [0, 0.05) is 31.2 Å². The molecule has 1 heterocycles. The Morgan fingerprint density at radius 1 is 1.02 bits per heavy atom. The number of halogens is 2. The van der Waals surface area contributed by atoms with Gasteiger partial charge >= 0.3 is 5.97 Å². The molecule has 41 heavy (non-hydrogen) atoms.